The van der Waals surface area contributed by atoms with Crippen LogP contribution in [-0.4, -0.2) is 17.0 Å². The summed E-state index contributed by atoms with van der Waals surface area (Å²) in [4.78, 5) is 12.9. The summed E-state index contributed by atoms with van der Waals surface area (Å²) in [5.41, 5.74) is 9.41. The maximum atomic E-state index is 12.5. The molecule has 3 N–H and O–H groups in total. The Morgan fingerprint density at radius 1 is 1.16 bits per heavy atom. The van der Waals surface area contributed by atoms with Crippen LogP contribution >= 0.6 is 23.6 Å². The van der Waals surface area contributed by atoms with Gasteiger partial charge in [-0.05, 0) is 43.3 Å². The maximum Gasteiger partial charge on any atom is 0.265 e. The smallest absolute Gasteiger partial charge is 0.265 e. The van der Waals surface area contributed by atoms with Crippen molar-refractivity contribution < 1.29 is 4.79 Å². The highest BCUT2D eigenvalue weighted by molar-refractivity contribution is 7.73. The molecule has 1 heterocycles. The van der Waals surface area contributed by atoms with E-state index in [0.29, 0.717) is 21.2 Å². The van der Waals surface area contributed by atoms with Crippen molar-refractivity contribution in [3.63, 3.8) is 0 Å². The van der Waals surface area contributed by atoms with Gasteiger partial charge < -0.3 is 11.1 Å². The first kappa shape index (κ1) is 17.4. The molecule has 128 valence electrons. The van der Waals surface area contributed by atoms with Gasteiger partial charge in [-0.15, -0.1) is 0 Å². The van der Waals surface area contributed by atoms with Crippen LogP contribution in [0, 0.1) is 10.9 Å². The van der Waals surface area contributed by atoms with Gasteiger partial charge in [0.05, 0.1) is 0 Å². The first-order valence-electron chi connectivity index (χ1n) is 7.97. The van der Waals surface area contributed by atoms with Gasteiger partial charge in [-0.2, -0.15) is 0 Å². The van der Waals surface area contributed by atoms with Crippen LogP contribution < -0.4 is 11.1 Å². The Morgan fingerprint density at radius 2 is 1.84 bits per heavy atom. The molecule has 4 nitrogen and oxygen atoms in total. The number of nitrogen functional groups attached to an aromatic ring is 1. The molecule has 2 aromatic carbocycles. The summed E-state index contributed by atoms with van der Waals surface area (Å²) >= 11 is 6.64. The molecule has 25 heavy (non-hydrogen) atoms. The van der Waals surface area contributed by atoms with E-state index in [1.165, 1.54) is 16.9 Å². The van der Waals surface area contributed by atoms with Crippen LogP contribution in [0.4, 0.5) is 5.82 Å². The van der Waals surface area contributed by atoms with Gasteiger partial charge in [0.15, 0.2) is 3.95 Å². The number of anilines is 1. The lowest BCUT2D eigenvalue weighted by molar-refractivity contribution is 0.0958. The second-order valence-electron chi connectivity index (χ2n) is 5.74. The van der Waals surface area contributed by atoms with Gasteiger partial charge in [0.2, 0.25) is 0 Å². The Kier molecular flexibility index (Phi) is 5.31. The standard InChI is InChI=1S/C19H19N3OS2/c1-13-7-9-15(10-8-13)22-17(20)16(25-19(22)24)18(23)21-12-11-14-5-3-2-4-6-14/h2-10H,11-12,20H2,1H3,(H,21,23). The van der Waals surface area contributed by atoms with Crippen LogP contribution in [0.15, 0.2) is 54.6 Å². The number of aryl methyl sites for hydroxylation is 1. The van der Waals surface area contributed by atoms with E-state index >= 15 is 0 Å². The number of rotatable bonds is 5. The van der Waals surface area contributed by atoms with E-state index in [0.717, 1.165) is 17.7 Å². The number of hydrogen-bond acceptors (Lipinski definition) is 4. The molecule has 0 saturated carbocycles. The average molecular weight is 370 g/mol. The molecule has 1 aromatic heterocycles. The molecule has 6 heteroatoms. The van der Waals surface area contributed by atoms with Crippen molar-refractivity contribution >= 4 is 35.3 Å². The molecule has 0 aliphatic heterocycles. The van der Waals surface area contributed by atoms with Gasteiger partial charge in [-0.25, -0.2) is 0 Å². The van der Waals surface area contributed by atoms with Crippen LogP contribution in [0.5, 0.6) is 0 Å². The molecule has 0 fully saturated rings. The van der Waals surface area contributed by atoms with Gasteiger partial charge in [0.1, 0.15) is 10.7 Å². The normalized spacial score (nSPS) is 10.6. The lowest BCUT2D eigenvalue weighted by Gasteiger charge is -2.07. The number of aromatic nitrogens is 1. The molecule has 0 atom stereocenters. The molecular weight excluding hydrogens is 350 g/mol. The number of benzene rings is 2. The molecular formula is C19H19N3OS2. The van der Waals surface area contributed by atoms with Crippen molar-refractivity contribution in [2.45, 2.75) is 13.3 Å². The number of amides is 1. The SMILES string of the molecule is Cc1ccc(-n2c(N)c(C(=O)NCCc3ccccc3)sc2=S)cc1. The number of carbonyl (C=O) groups is 1. The minimum atomic E-state index is -0.185. The molecule has 0 aliphatic carbocycles. The van der Waals surface area contributed by atoms with Crippen LogP contribution in [0.3, 0.4) is 0 Å². The third kappa shape index (κ3) is 3.97. The fourth-order valence-corrected chi connectivity index (χ4v) is 3.82. The highest BCUT2D eigenvalue weighted by atomic mass is 32.1. The van der Waals surface area contributed by atoms with Gasteiger partial charge >= 0.3 is 0 Å². The van der Waals surface area contributed by atoms with E-state index in [-0.39, 0.29) is 5.91 Å². The number of hydrogen-bond donors (Lipinski definition) is 2. The summed E-state index contributed by atoms with van der Waals surface area (Å²) in [6, 6.07) is 17.9. The van der Waals surface area contributed by atoms with Crippen LogP contribution in [0.1, 0.15) is 20.8 Å². The number of nitrogens with zero attached hydrogens (tertiary/aromatic N) is 1. The Bertz CT molecular complexity index is 928. The first-order chi connectivity index (χ1) is 12.1. The first-order valence-corrected chi connectivity index (χ1v) is 9.19. The minimum Gasteiger partial charge on any atom is -0.383 e. The zero-order valence-corrected chi connectivity index (χ0v) is 15.5. The summed E-state index contributed by atoms with van der Waals surface area (Å²) in [5.74, 6) is 0.200. The number of carbonyl (C=O) groups excluding carboxylic acids is 1. The van der Waals surface area contributed by atoms with Gasteiger partial charge in [-0.1, -0.05) is 59.4 Å². The van der Waals surface area contributed by atoms with E-state index < -0.39 is 0 Å². The molecule has 0 radical (unpaired) electrons. The Hall–Kier alpha value is -2.44. The van der Waals surface area contributed by atoms with Gasteiger partial charge in [-0.3, -0.25) is 9.36 Å². The lowest BCUT2D eigenvalue weighted by atomic mass is 10.1. The second-order valence-corrected chi connectivity index (χ2v) is 7.39. The fourth-order valence-electron chi connectivity index (χ4n) is 2.53. The van der Waals surface area contributed by atoms with Gasteiger partial charge in [0, 0.05) is 12.2 Å². The van der Waals surface area contributed by atoms with Crippen molar-refractivity contribution in [3.8, 4) is 5.69 Å². The summed E-state index contributed by atoms with van der Waals surface area (Å²) in [6.07, 6.45) is 0.774. The number of thiazole rings is 1. The van der Waals surface area contributed by atoms with Crippen LogP contribution in [0.25, 0.3) is 5.69 Å². The molecule has 3 aromatic rings. The molecule has 0 aliphatic rings. The van der Waals surface area contributed by atoms with Crippen molar-refractivity contribution in [1.29, 1.82) is 0 Å². The van der Waals surface area contributed by atoms with E-state index in [1.807, 2.05) is 61.5 Å². The Labute approximate surface area is 155 Å². The summed E-state index contributed by atoms with van der Waals surface area (Å²) < 4.78 is 2.31. The quantitative estimate of drug-likeness (QED) is 0.665. The van der Waals surface area contributed by atoms with Crippen molar-refractivity contribution in [1.82, 2.24) is 9.88 Å². The van der Waals surface area contributed by atoms with Crippen molar-refractivity contribution in [2.24, 2.45) is 0 Å². The average Bonchev–Trinajstić information content (AvgIpc) is 2.91. The zero-order valence-electron chi connectivity index (χ0n) is 13.9. The number of nitrogens with two attached hydrogens (primary N) is 1. The summed E-state index contributed by atoms with van der Waals surface area (Å²) in [7, 11) is 0. The zero-order chi connectivity index (χ0) is 17.8. The van der Waals surface area contributed by atoms with E-state index in [1.54, 1.807) is 4.57 Å². The Balaban J connectivity index is 1.74. The third-order valence-electron chi connectivity index (χ3n) is 3.89. The highest BCUT2D eigenvalue weighted by Gasteiger charge is 2.17. The largest absolute Gasteiger partial charge is 0.383 e. The van der Waals surface area contributed by atoms with Crippen molar-refractivity contribution in [3.05, 3.63) is 74.6 Å². The predicted octanol–water partition coefficient (Wildman–Crippen LogP) is 4.13. The molecule has 0 unspecified atom stereocenters. The van der Waals surface area contributed by atoms with Gasteiger partial charge in [0.25, 0.3) is 5.91 Å². The predicted molar refractivity (Wildman–Crippen MR) is 106 cm³/mol. The molecule has 0 saturated heterocycles. The third-order valence-corrected chi connectivity index (χ3v) is 5.27. The lowest BCUT2D eigenvalue weighted by Crippen LogP contribution is -2.25. The van der Waals surface area contributed by atoms with Crippen molar-refractivity contribution in [2.75, 3.05) is 12.3 Å². The molecule has 3 rings (SSSR count). The summed E-state index contributed by atoms with van der Waals surface area (Å²) in [6.45, 7) is 2.57. The van der Waals surface area contributed by atoms with E-state index in [4.69, 9.17) is 18.0 Å². The van der Waals surface area contributed by atoms with Crippen LogP contribution in [-0.2, 0) is 6.42 Å². The van der Waals surface area contributed by atoms with E-state index in [9.17, 15) is 4.79 Å². The fraction of sp³-hybridized carbons (Fsp3) is 0.158. The maximum absolute atomic E-state index is 12.5. The topological polar surface area (TPSA) is 60.0 Å². The minimum absolute atomic E-state index is 0.185. The monoisotopic (exact) mass is 369 g/mol. The number of nitrogens with one attached hydrogen (secondary N) is 1. The second kappa shape index (κ2) is 7.63. The van der Waals surface area contributed by atoms with E-state index in [2.05, 4.69) is 5.32 Å². The highest BCUT2D eigenvalue weighted by Crippen LogP contribution is 2.26. The molecule has 0 spiro atoms. The Morgan fingerprint density at radius 3 is 2.52 bits per heavy atom. The van der Waals surface area contributed by atoms with Crippen LogP contribution in [0.2, 0.25) is 0 Å². The molecule has 1 amide bonds. The summed E-state index contributed by atoms with van der Waals surface area (Å²) in [5, 5.41) is 2.92. The molecule has 0 bridgehead atoms.